The van der Waals surface area contributed by atoms with E-state index in [2.05, 4.69) is 137 Å². The summed E-state index contributed by atoms with van der Waals surface area (Å²) >= 11 is 0. The van der Waals surface area contributed by atoms with Crippen molar-refractivity contribution >= 4 is 26.0 Å². The first-order chi connectivity index (χ1) is 23.1. The molecule has 268 valence electrons. The Morgan fingerprint density at radius 1 is 1.29 bits per heavy atom. The average Bonchev–Trinajstić information content (AvgIpc) is 3.72. The summed E-state index contributed by atoms with van der Waals surface area (Å²) < 4.78 is 14.2. The highest BCUT2D eigenvalue weighted by atomic mass is 28.3. The van der Waals surface area contributed by atoms with Crippen molar-refractivity contribution < 1.29 is 14.0 Å². The van der Waals surface area contributed by atoms with Crippen LogP contribution in [0.3, 0.4) is 0 Å². The van der Waals surface area contributed by atoms with E-state index in [1.807, 2.05) is 0 Å². The summed E-state index contributed by atoms with van der Waals surface area (Å²) in [5.74, 6) is 2.44. The summed E-state index contributed by atoms with van der Waals surface area (Å²) in [6, 6.07) is 0. The number of nitrogens with zero attached hydrogens (tertiary/aromatic N) is 2. The van der Waals surface area contributed by atoms with E-state index >= 15 is 0 Å². The number of allylic oxidation sites excluding steroid dienone is 9. The van der Waals surface area contributed by atoms with Crippen LogP contribution in [-0.4, -0.2) is 82.9 Å². The van der Waals surface area contributed by atoms with Gasteiger partial charge in [-0.15, -0.1) is 0 Å². The number of hydrogen-bond donors (Lipinski definition) is 5. The van der Waals surface area contributed by atoms with Crippen LogP contribution in [0.15, 0.2) is 86.5 Å². The van der Waals surface area contributed by atoms with Gasteiger partial charge < -0.3 is 25.8 Å². The third-order valence-electron chi connectivity index (χ3n) is 10.8. The maximum Gasteiger partial charge on any atom is 0.202 e. The van der Waals surface area contributed by atoms with Gasteiger partial charge in [0.25, 0.3) is 0 Å². The number of hydrogen-bond acceptors (Lipinski definition) is 7. The van der Waals surface area contributed by atoms with Crippen molar-refractivity contribution in [3.63, 3.8) is 0 Å². The van der Waals surface area contributed by atoms with E-state index in [4.69, 9.17) is 20.6 Å². The molecule has 0 aromatic rings. The topological polar surface area (TPSA) is 123 Å². The van der Waals surface area contributed by atoms with Crippen molar-refractivity contribution in [1.29, 1.82) is 5.41 Å². The molecule has 0 aromatic carbocycles. The molecule has 2 heterocycles. The van der Waals surface area contributed by atoms with Gasteiger partial charge in [-0.2, -0.15) is 0 Å². The molecule has 10 heteroatoms. The number of nitrogens with two attached hydrogens (primary N) is 1. The lowest BCUT2D eigenvalue weighted by molar-refractivity contribution is -0.462. The standard InChI is InChI=1S/C39H62N7O2Si/c1-25(14-12-13-17-47-36(41)22-42-24-44-30(6)43-23-40)21-45-39(7)38(48-39)34-20-33(26(2)18-27(34)3)37-28(4)29(5)49(10,11)35-19-31(46(8)9)15-16-32(35)37/h12,14-16,19-20,24-27,33,38,41,43,45H,6,13,17-18,21-23,40H2,1-5,7-11H3,(H,42,44)/q+1. The van der Waals surface area contributed by atoms with Crippen molar-refractivity contribution in [2.75, 3.05) is 40.5 Å². The Morgan fingerprint density at radius 2 is 2.02 bits per heavy atom. The molecule has 0 bridgehead atoms. The van der Waals surface area contributed by atoms with Crippen LogP contribution < -0.4 is 21.7 Å². The van der Waals surface area contributed by atoms with E-state index in [0.29, 0.717) is 36.1 Å². The minimum atomic E-state index is -1.76. The molecule has 0 radical (unpaired) electrons. The lowest BCUT2D eigenvalue weighted by Crippen LogP contribution is -2.40. The molecule has 6 atom stereocenters. The lowest BCUT2D eigenvalue weighted by atomic mass is 9.69. The Hall–Kier alpha value is -3.31. The highest BCUT2D eigenvalue weighted by molar-refractivity contribution is 6.92. The minimum absolute atomic E-state index is 0.0944. The molecular weight excluding hydrogens is 627 g/mol. The van der Waals surface area contributed by atoms with Crippen LogP contribution in [0, 0.1) is 29.1 Å². The molecule has 0 saturated carbocycles. The molecule has 1 saturated heterocycles. The lowest BCUT2D eigenvalue weighted by Gasteiger charge is -2.42. The van der Waals surface area contributed by atoms with Crippen molar-refractivity contribution in [2.24, 2.45) is 34.4 Å². The number of nitrogens with one attached hydrogen (secondary N) is 4. The maximum absolute atomic E-state index is 7.93. The van der Waals surface area contributed by atoms with Gasteiger partial charge >= 0.3 is 0 Å². The fourth-order valence-corrected chi connectivity index (χ4v) is 10.2. The van der Waals surface area contributed by atoms with Crippen molar-refractivity contribution in [3.05, 3.63) is 81.5 Å². The fourth-order valence-electron chi connectivity index (χ4n) is 7.37. The Balaban J connectivity index is 1.35. The van der Waals surface area contributed by atoms with Gasteiger partial charge in [0.2, 0.25) is 5.90 Å². The number of fused-ring (bicyclic) bond motifs is 1. The third kappa shape index (κ3) is 9.08. The van der Waals surface area contributed by atoms with Crippen LogP contribution >= 0.6 is 0 Å². The predicted octanol–water partition coefficient (Wildman–Crippen LogP) is 5.72. The second kappa shape index (κ2) is 16.1. The van der Waals surface area contributed by atoms with Gasteiger partial charge in [0.1, 0.15) is 40.5 Å². The molecule has 2 aliphatic carbocycles. The van der Waals surface area contributed by atoms with Crippen LogP contribution in [0.25, 0.3) is 0 Å². The van der Waals surface area contributed by atoms with Crippen LogP contribution in [0.5, 0.6) is 0 Å². The summed E-state index contributed by atoms with van der Waals surface area (Å²) in [4.78, 5) is 4.11. The molecule has 6 N–H and O–H groups in total. The first kappa shape index (κ1) is 38.5. The quantitative estimate of drug-likeness (QED) is 0.0219. The monoisotopic (exact) mass is 688 g/mol. The molecule has 9 nitrogen and oxygen atoms in total. The molecule has 49 heavy (non-hydrogen) atoms. The average molecular weight is 689 g/mol. The Morgan fingerprint density at radius 3 is 2.71 bits per heavy atom. The highest BCUT2D eigenvalue weighted by Gasteiger charge is 2.56. The SMILES string of the molecule is C=C(NC=NCC(=N)OCCC=CC(C)CNC1(C)OC1C1=CC(C2=C3C=CC(=[N+](C)C)C=C3[Si](C)(C)C(C)=C2C)C(C)CC1C)NCN. The van der Waals surface area contributed by atoms with Gasteiger partial charge in [-0.1, -0.05) is 69.4 Å². The third-order valence-corrected chi connectivity index (χ3v) is 14.8. The first-order valence-corrected chi connectivity index (χ1v) is 20.9. The minimum Gasteiger partial charge on any atom is -0.479 e. The largest absolute Gasteiger partial charge is 0.479 e. The summed E-state index contributed by atoms with van der Waals surface area (Å²) in [7, 11) is 2.52. The number of epoxide rings is 1. The second-order valence-electron chi connectivity index (χ2n) is 15.1. The molecule has 2 aliphatic heterocycles. The van der Waals surface area contributed by atoms with E-state index in [0.717, 1.165) is 19.4 Å². The van der Waals surface area contributed by atoms with E-state index in [1.165, 1.54) is 34.3 Å². The molecule has 0 aromatic heterocycles. The first-order valence-electron chi connectivity index (χ1n) is 17.9. The molecule has 0 spiro atoms. The van der Waals surface area contributed by atoms with Gasteiger partial charge in [0, 0.05) is 24.6 Å². The maximum atomic E-state index is 7.93. The Bertz CT molecular complexity index is 1540. The summed E-state index contributed by atoms with van der Waals surface area (Å²) in [6.07, 6.45) is 17.6. The van der Waals surface area contributed by atoms with Crippen LogP contribution in [0.4, 0.5) is 0 Å². The van der Waals surface area contributed by atoms with E-state index < -0.39 is 8.07 Å². The zero-order chi connectivity index (χ0) is 36.1. The Kier molecular flexibility index (Phi) is 12.7. The fraction of sp³-hybridized carbons (Fsp3) is 0.564. The van der Waals surface area contributed by atoms with E-state index in [9.17, 15) is 0 Å². The van der Waals surface area contributed by atoms with Crippen LogP contribution in [0.2, 0.25) is 13.1 Å². The van der Waals surface area contributed by atoms with Crippen molar-refractivity contribution in [3.8, 4) is 0 Å². The van der Waals surface area contributed by atoms with Crippen molar-refractivity contribution in [2.45, 2.75) is 79.3 Å². The number of ether oxygens (including phenoxy) is 2. The normalized spacial score (nSPS) is 28.3. The summed E-state index contributed by atoms with van der Waals surface area (Å²) in [6.45, 7) is 24.5. The smallest absolute Gasteiger partial charge is 0.202 e. The zero-order valence-corrected chi connectivity index (χ0v) is 32.7. The molecular formula is C39H62N7O2Si+. The van der Waals surface area contributed by atoms with Gasteiger partial charge in [0.05, 0.1) is 25.4 Å². The summed E-state index contributed by atoms with van der Waals surface area (Å²) in [5, 5.41) is 20.5. The summed E-state index contributed by atoms with van der Waals surface area (Å²) in [5.41, 5.74) is 12.3. The molecule has 4 rings (SSSR count). The molecule has 0 amide bonds. The molecule has 6 unspecified atom stereocenters. The highest BCUT2D eigenvalue weighted by Crippen LogP contribution is 2.51. The zero-order valence-electron chi connectivity index (χ0n) is 31.7. The van der Waals surface area contributed by atoms with Gasteiger partial charge in [-0.25, -0.2) is 4.58 Å². The van der Waals surface area contributed by atoms with E-state index in [-0.39, 0.29) is 30.9 Å². The number of aliphatic imine (C=N–C) groups is 1. The number of rotatable bonds is 15. The van der Waals surface area contributed by atoms with Gasteiger partial charge in [-0.05, 0) is 79.4 Å². The molecule has 4 aliphatic rings. The Labute approximate surface area is 296 Å². The predicted molar refractivity (Wildman–Crippen MR) is 207 cm³/mol. The second-order valence-corrected chi connectivity index (χ2v) is 19.7. The van der Waals surface area contributed by atoms with Crippen molar-refractivity contribution in [1.82, 2.24) is 16.0 Å². The van der Waals surface area contributed by atoms with Crippen LogP contribution in [-0.2, 0) is 9.47 Å². The van der Waals surface area contributed by atoms with Crippen LogP contribution in [0.1, 0.15) is 54.4 Å². The van der Waals surface area contributed by atoms with E-state index in [1.54, 1.807) is 10.4 Å². The van der Waals surface area contributed by atoms with Gasteiger partial charge in [-0.3, -0.25) is 15.7 Å². The van der Waals surface area contributed by atoms with Gasteiger partial charge in [0.15, 0.2) is 5.71 Å². The molecule has 1 fully saturated rings.